The van der Waals surface area contributed by atoms with Crippen molar-refractivity contribution in [1.29, 1.82) is 0 Å². The molecule has 0 aliphatic carbocycles. The predicted molar refractivity (Wildman–Crippen MR) is 40.6 cm³/mol. The highest BCUT2D eigenvalue weighted by atomic mass is 16.2. The Balaban J connectivity index is 3.24. The van der Waals surface area contributed by atoms with Crippen molar-refractivity contribution < 1.29 is 9.59 Å². The van der Waals surface area contributed by atoms with E-state index in [1.165, 1.54) is 0 Å². The molecule has 0 rings (SSSR count). The third-order valence-electron chi connectivity index (χ3n) is 1.15. The van der Waals surface area contributed by atoms with Crippen LogP contribution in [0, 0.1) is 0 Å². The molecule has 63 valence electrons. The van der Waals surface area contributed by atoms with E-state index in [1.54, 1.807) is 0 Å². The molecule has 2 amide bonds. The standard InChI is InChI=1S/C7H13N2O2/c1-2-3-7(11)9-5-4-6(8)10/h8H,2-5H2,1H3,(H,9,11). The summed E-state index contributed by atoms with van der Waals surface area (Å²) in [6.45, 7) is 2.20. The van der Waals surface area contributed by atoms with Crippen LogP contribution in [-0.4, -0.2) is 18.4 Å². The fourth-order valence-corrected chi connectivity index (χ4v) is 0.631. The van der Waals surface area contributed by atoms with Crippen LogP contribution >= 0.6 is 0 Å². The van der Waals surface area contributed by atoms with Crippen LogP contribution in [0.2, 0.25) is 0 Å². The molecular weight excluding hydrogens is 144 g/mol. The Labute approximate surface area is 66.1 Å². The molecular formula is C7H13N2O2. The summed E-state index contributed by atoms with van der Waals surface area (Å²) >= 11 is 0. The highest BCUT2D eigenvalue weighted by Gasteiger charge is 1.99. The summed E-state index contributed by atoms with van der Waals surface area (Å²) in [6.07, 6.45) is 1.41. The Morgan fingerprint density at radius 2 is 2.00 bits per heavy atom. The highest BCUT2D eigenvalue weighted by Crippen LogP contribution is 1.85. The molecule has 0 heterocycles. The lowest BCUT2D eigenvalue weighted by Crippen LogP contribution is -2.25. The van der Waals surface area contributed by atoms with E-state index in [9.17, 15) is 9.59 Å². The number of amides is 2. The summed E-state index contributed by atoms with van der Waals surface area (Å²) in [5.74, 6) is -0.685. The zero-order chi connectivity index (χ0) is 8.69. The maximum Gasteiger partial charge on any atom is 0.240 e. The number of carbonyl (C=O) groups excluding carboxylic acids is 2. The van der Waals surface area contributed by atoms with Crippen molar-refractivity contribution in [3.8, 4) is 0 Å². The van der Waals surface area contributed by atoms with Gasteiger partial charge in [-0.3, -0.25) is 15.3 Å². The van der Waals surface area contributed by atoms with Crippen molar-refractivity contribution in [3.05, 3.63) is 0 Å². The Morgan fingerprint density at radius 3 is 2.45 bits per heavy atom. The summed E-state index contributed by atoms with van der Waals surface area (Å²) in [6, 6.07) is 0. The summed E-state index contributed by atoms with van der Waals surface area (Å²) < 4.78 is 0. The van der Waals surface area contributed by atoms with E-state index >= 15 is 0 Å². The molecule has 0 spiro atoms. The number of hydrogen-bond acceptors (Lipinski definition) is 2. The van der Waals surface area contributed by atoms with Crippen LogP contribution in [0.5, 0.6) is 0 Å². The molecule has 0 saturated heterocycles. The van der Waals surface area contributed by atoms with Crippen LogP contribution in [0.1, 0.15) is 26.2 Å². The van der Waals surface area contributed by atoms with Gasteiger partial charge in [0.2, 0.25) is 11.8 Å². The van der Waals surface area contributed by atoms with E-state index in [4.69, 9.17) is 5.73 Å². The lowest BCUT2D eigenvalue weighted by Gasteiger charge is -2.00. The third kappa shape index (κ3) is 6.83. The quantitative estimate of drug-likeness (QED) is 0.615. The molecule has 0 atom stereocenters. The van der Waals surface area contributed by atoms with Crippen molar-refractivity contribution in [2.75, 3.05) is 6.54 Å². The van der Waals surface area contributed by atoms with Crippen LogP contribution in [0.25, 0.3) is 0 Å². The Hall–Kier alpha value is -1.06. The highest BCUT2D eigenvalue weighted by molar-refractivity contribution is 5.77. The van der Waals surface area contributed by atoms with Crippen molar-refractivity contribution in [3.63, 3.8) is 0 Å². The second-order valence-electron chi connectivity index (χ2n) is 2.27. The number of nitrogens with one attached hydrogen (secondary N) is 2. The second kappa shape index (κ2) is 5.70. The largest absolute Gasteiger partial charge is 0.356 e. The fraction of sp³-hybridized carbons (Fsp3) is 0.714. The minimum atomic E-state index is -0.637. The van der Waals surface area contributed by atoms with Gasteiger partial charge in [0, 0.05) is 19.4 Å². The second-order valence-corrected chi connectivity index (χ2v) is 2.27. The molecule has 0 aliphatic rings. The summed E-state index contributed by atoms with van der Waals surface area (Å²) in [5, 5.41) is 2.54. The van der Waals surface area contributed by atoms with E-state index < -0.39 is 5.91 Å². The first-order chi connectivity index (χ1) is 5.16. The number of carbonyl (C=O) groups is 2. The molecule has 0 aliphatic heterocycles. The minimum absolute atomic E-state index is 0.0475. The molecule has 0 aromatic heterocycles. The van der Waals surface area contributed by atoms with E-state index in [2.05, 4.69) is 5.32 Å². The van der Waals surface area contributed by atoms with Crippen LogP contribution < -0.4 is 11.1 Å². The van der Waals surface area contributed by atoms with Gasteiger partial charge in [0.05, 0.1) is 0 Å². The van der Waals surface area contributed by atoms with E-state index in [1.807, 2.05) is 6.92 Å². The van der Waals surface area contributed by atoms with E-state index in [-0.39, 0.29) is 12.3 Å². The van der Waals surface area contributed by atoms with Gasteiger partial charge in [0.15, 0.2) is 0 Å². The monoisotopic (exact) mass is 157 g/mol. The topological polar surface area (TPSA) is 70.0 Å². The first kappa shape index (κ1) is 9.94. The first-order valence-corrected chi connectivity index (χ1v) is 3.68. The summed E-state index contributed by atoms with van der Waals surface area (Å²) in [4.78, 5) is 20.8. The van der Waals surface area contributed by atoms with E-state index in [0.717, 1.165) is 6.42 Å². The molecule has 2 N–H and O–H groups in total. The molecule has 4 nitrogen and oxygen atoms in total. The molecule has 11 heavy (non-hydrogen) atoms. The maximum atomic E-state index is 10.7. The zero-order valence-corrected chi connectivity index (χ0v) is 6.64. The van der Waals surface area contributed by atoms with Gasteiger partial charge in [-0.25, -0.2) is 0 Å². The lowest BCUT2D eigenvalue weighted by atomic mass is 10.3. The molecule has 0 saturated carbocycles. The summed E-state index contributed by atoms with van der Waals surface area (Å²) in [5.41, 5.74) is 6.53. The molecule has 0 bridgehead atoms. The van der Waals surface area contributed by atoms with Crippen LogP contribution in [0.15, 0.2) is 0 Å². The maximum absolute atomic E-state index is 10.7. The summed E-state index contributed by atoms with van der Waals surface area (Å²) in [7, 11) is 0. The normalized spacial score (nSPS) is 9.18. The van der Waals surface area contributed by atoms with Crippen molar-refractivity contribution in [2.45, 2.75) is 26.2 Å². The van der Waals surface area contributed by atoms with Gasteiger partial charge in [-0.05, 0) is 6.42 Å². The van der Waals surface area contributed by atoms with Crippen LogP contribution in [0.4, 0.5) is 0 Å². The average Bonchev–Trinajstić information content (AvgIpc) is 1.87. The van der Waals surface area contributed by atoms with Crippen molar-refractivity contribution >= 4 is 11.8 Å². The molecule has 0 aromatic carbocycles. The molecule has 0 unspecified atom stereocenters. The van der Waals surface area contributed by atoms with Gasteiger partial charge in [-0.2, -0.15) is 0 Å². The van der Waals surface area contributed by atoms with Gasteiger partial charge in [0.25, 0.3) is 0 Å². The van der Waals surface area contributed by atoms with E-state index in [0.29, 0.717) is 13.0 Å². The fourth-order valence-electron chi connectivity index (χ4n) is 0.631. The Kier molecular flexibility index (Phi) is 5.15. The predicted octanol–water partition coefficient (Wildman–Crippen LogP) is 0.102. The van der Waals surface area contributed by atoms with Gasteiger partial charge in [0.1, 0.15) is 0 Å². The molecule has 4 heteroatoms. The smallest absolute Gasteiger partial charge is 0.240 e. The first-order valence-electron chi connectivity index (χ1n) is 3.68. The molecule has 0 fully saturated rings. The van der Waals surface area contributed by atoms with Gasteiger partial charge in [-0.1, -0.05) is 6.92 Å². The average molecular weight is 157 g/mol. The van der Waals surface area contributed by atoms with Gasteiger partial charge < -0.3 is 5.32 Å². The lowest BCUT2D eigenvalue weighted by molar-refractivity contribution is -0.121. The number of rotatable bonds is 5. The molecule has 0 aromatic rings. The minimum Gasteiger partial charge on any atom is -0.356 e. The van der Waals surface area contributed by atoms with Crippen molar-refractivity contribution in [1.82, 2.24) is 11.1 Å². The molecule has 1 radical (unpaired) electrons. The third-order valence-corrected chi connectivity index (χ3v) is 1.15. The van der Waals surface area contributed by atoms with Crippen molar-refractivity contribution in [2.24, 2.45) is 0 Å². The van der Waals surface area contributed by atoms with Crippen LogP contribution in [-0.2, 0) is 9.59 Å². The zero-order valence-electron chi connectivity index (χ0n) is 6.64. The Morgan fingerprint density at radius 1 is 1.36 bits per heavy atom. The van der Waals surface area contributed by atoms with Gasteiger partial charge in [-0.15, -0.1) is 0 Å². The Bertz CT molecular complexity index is 145. The number of hydrogen-bond donors (Lipinski definition) is 1. The van der Waals surface area contributed by atoms with Gasteiger partial charge >= 0.3 is 0 Å². The SMILES string of the molecule is CCCC(=O)NCCC([NH])=O. The van der Waals surface area contributed by atoms with Crippen LogP contribution in [0.3, 0.4) is 0 Å².